The molecule has 9 heavy (non-hydrogen) atoms. The summed E-state index contributed by atoms with van der Waals surface area (Å²) in [6.07, 6.45) is 1.05. The molecule has 1 aliphatic heterocycles. The third-order valence-corrected chi connectivity index (χ3v) is 2.07. The van der Waals surface area contributed by atoms with Crippen LogP contribution in [0.15, 0.2) is 0 Å². The average Bonchev–Trinajstić information content (AvgIpc) is 2.13. The molecule has 0 saturated carbocycles. The summed E-state index contributed by atoms with van der Waals surface area (Å²) >= 11 is 0. The number of hydrogen-bond donors (Lipinski definition) is 0. The van der Waals surface area contributed by atoms with Crippen molar-refractivity contribution >= 4 is 0 Å². The fraction of sp³-hybridized carbons (Fsp3) is 0.857. The number of nitrogens with zero attached hydrogens (tertiary/aromatic N) is 2. The molecular formula is C7H12N2. The van der Waals surface area contributed by atoms with Gasteiger partial charge in [-0.25, -0.2) is 0 Å². The highest BCUT2D eigenvalue weighted by atomic mass is 15.1. The average molecular weight is 124 g/mol. The summed E-state index contributed by atoms with van der Waals surface area (Å²) in [6.45, 7) is 3.12. The lowest BCUT2D eigenvalue weighted by atomic mass is 10.1. The zero-order valence-electron chi connectivity index (χ0n) is 5.96. The Morgan fingerprint density at radius 3 is 2.56 bits per heavy atom. The van der Waals surface area contributed by atoms with E-state index in [9.17, 15) is 0 Å². The lowest BCUT2D eigenvalue weighted by Gasteiger charge is -2.11. The molecule has 0 spiro atoms. The van der Waals surface area contributed by atoms with Crippen molar-refractivity contribution in [1.29, 1.82) is 5.26 Å². The molecule has 1 saturated heterocycles. The smallest absolute Gasteiger partial charge is 0.0669 e. The van der Waals surface area contributed by atoms with E-state index in [0.717, 1.165) is 13.0 Å². The third-order valence-electron chi connectivity index (χ3n) is 2.07. The molecule has 0 amide bonds. The summed E-state index contributed by atoms with van der Waals surface area (Å²) in [6, 6.07) is 2.89. The zero-order chi connectivity index (χ0) is 6.85. The molecule has 0 N–H and O–H groups in total. The van der Waals surface area contributed by atoms with Crippen molar-refractivity contribution in [2.75, 3.05) is 13.6 Å². The molecule has 0 aromatic rings. The molecule has 2 nitrogen and oxygen atoms in total. The van der Waals surface area contributed by atoms with Crippen LogP contribution in [0.25, 0.3) is 0 Å². The van der Waals surface area contributed by atoms with E-state index in [1.807, 2.05) is 0 Å². The predicted octanol–water partition coefficient (Wildman–Crippen LogP) is 0.850. The van der Waals surface area contributed by atoms with Gasteiger partial charge in [0, 0.05) is 12.6 Å². The summed E-state index contributed by atoms with van der Waals surface area (Å²) in [7, 11) is 2.07. The van der Waals surface area contributed by atoms with Gasteiger partial charge >= 0.3 is 0 Å². The van der Waals surface area contributed by atoms with Gasteiger partial charge in [-0.05, 0) is 20.4 Å². The van der Waals surface area contributed by atoms with Crippen molar-refractivity contribution < 1.29 is 0 Å². The largest absolute Gasteiger partial charge is 0.302 e. The van der Waals surface area contributed by atoms with E-state index in [2.05, 4.69) is 24.9 Å². The number of rotatable bonds is 0. The number of hydrogen-bond acceptors (Lipinski definition) is 2. The van der Waals surface area contributed by atoms with E-state index in [1.54, 1.807) is 0 Å². The monoisotopic (exact) mass is 124 g/mol. The van der Waals surface area contributed by atoms with Gasteiger partial charge in [0.2, 0.25) is 0 Å². The van der Waals surface area contributed by atoms with Gasteiger partial charge in [-0.2, -0.15) is 5.26 Å². The van der Waals surface area contributed by atoms with Crippen LogP contribution in [0, 0.1) is 17.2 Å². The molecule has 0 aromatic carbocycles. The summed E-state index contributed by atoms with van der Waals surface area (Å²) in [5.74, 6) is 0.282. The van der Waals surface area contributed by atoms with Crippen LogP contribution in [0.5, 0.6) is 0 Å². The maximum absolute atomic E-state index is 8.52. The fourth-order valence-electron chi connectivity index (χ4n) is 1.29. The van der Waals surface area contributed by atoms with Crippen molar-refractivity contribution in [3.05, 3.63) is 0 Å². The van der Waals surface area contributed by atoms with E-state index >= 15 is 0 Å². The van der Waals surface area contributed by atoms with E-state index in [0.29, 0.717) is 6.04 Å². The van der Waals surface area contributed by atoms with Crippen LogP contribution >= 0.6 is 0 Å². The molecule has 0 bridgehead atoms. The summed E-state index contributed by atoms with van der Waals surface area (Å²) < 4.78 is 0. The Morgan fingerprint density at radius 1 is 1.67 bits per heavy atom. The van der Waals surface area contributed by atoms with Gasteiger partial charge < -0.3 is 4.90 Å². The Hall–Kier alpha value is -0.550. The van der Waals surface area contributed by atoms with Crippen LogP contribution in [-0.4, -0.2) is 24.5 Å². The topological polar surface area (TPSA) is 27.0 Å². The van der Waals surface area contributed by atoms with E-state index < -0.39 is 0 Å². The fourth-order valence-corrected chi connectivity index (χ4v) is 1.29. The highest BCUT2D eigenvalue weighted by Gasteiger charge is 2.25. The third kappa shape index (κ3) is 1.22. The summed E-state index contributed by atoms with van der Waals surface area (Å²) in [5.41, 5.74) is 0. The van der Waals surface area contributed by atoms with Crippen LogP contribution in [0.3, 0.4) is 0 Å². The first kappa shape index (κ1) is 6.57. The second-order valence-corrected chi connectivity index (χ2v) is 2.85. The highest BCUT2D eigenvalue weighted by Crippen LogP contribution is 2.19. The SMILES string of the molecule is C[C@@H]1C[C@H](C#N)CN1C. The van der Waals surface area contributed by atoms with Gasteiger partial charge in [0.1, 0.15) is 0 Å². The molecule has 0 aliphatic carbocycles. The van der Waals surface area contributed by atoms with Crippen LogP contribution in [-0.2, 0) is 0 Å². The number of nitriles is 1. The Kier molecular flexibility index (Phi) is 1.73. The summed E-state index contributed by atoms with van der Waals surface area (Å²) in [4.78, 5) is 2.23. The minimum absolute atomic E-state index is 0.282. The maximum atomic E-state index is 8.52. The minimum atomic E-state index is 0.282. The van der Waals surface area contributed by atoms with E-state index in [-0.39, 0.29) is 5.92 Å². The quantitative estimate of drug-likeness (QED) is 0.478. The number of likely N-dealkylation sites (tertiary alicyclic amines) is 1. The Morgan fingerprint density at radius 2 is 2.33 bits per heavy atom. The zero-order valence-corrected chi connectivity index (χ0v) is 5.96. The van der Waals surface area contributed by atoms with Gasteiger partial charge in [-0.3, -0.25) is 0 Å². The molecule has 1 heterocycles. The normalized spacial score (nSPS) is 36.6. The molecule has 2 atom stereocenters. The summed E-state index contributed by atoms with van der Waals surface area (Å²) in [5, 5.41) is 8.52. The molecule has 1 fully saturated rings. The van der Waals surface area contributed by atoms with Crippen molar-refractivity contribution in [2.45, 2.75) is 19.4 Å². The molecule has 0 radical (unpaired) electrons. The molecule has 50 valence electrons. The van der Waals surface area contributed by atoms with Crippen LogP contribution in [0.1, 0.15) is 13.3 Å². The Labute approximate surface area is 56.1 Å². The molecular weight excluding hydrogens is 112 g/mol. The van der Waals surface area contributed by atoms with Crippen LogP contribution in [0.2, 0.25) is 0 Å². The first-order valence-corrected chi connectivity index (χ1v) is 3.34. The van der Waals surface area contributed by atoms with E-state index in [1.165, 1.54) is 0 Å². The van der Waals surface area contributed by atoms with Crippen molar-refractivity contribution in [2.24, 2.45) is 5.92 Å². The van der Waals surface area contributed by atoms with Gasteiger partial charge in [0.05, 0.1) is 12.0 Å². The minimum Gasteiger partial charge on any atom is -0.302 e. The highest BCUT2D eigenvalue weighted by molar-refractivity contribution is 4.92. The van der Waals surface area contributed by atoms with Crippen molar-refractivity contribution in [1.82, 2.24) is 4.90 Å². The van der Waals surface area contributed by atoms with Crippen molar-refractivity contribution in [3.63, 3.8) is 0 Å². The second kappa shape index (κ2) is 2.36. The van der Waals surface area contributed by atoms with E-state index in [4.69, 9.17) is 5.26 Å². The maximum Gasteiger partial charge on any atom is 0.0669 e. The van der Waals surface area contributed by atoms with Gasteiger partial charge in [0.25, 0.3) is 0 Å². The van der Waals surface area contributed by atoms with Gasteiger partial charge in [-0.15, -0.1) is 0 Å². The first-order chi connectivity index (χ1) is 4.24. The van der Waals surface area contributed by atoms with Crippen molar-refractivity contribution in [3.8, 4) is 6.07 Å². The standard InChI is InChI=1S/C7H12N2/c1-6-3-7(4-8)5-9(6)2/h6-7H,3,5H2,1-2H3/t6-,7-/m1/s1. The Balaban J connectivity index is 2.46. The van der Waals surface area contributed by atoms with Gasteiger partial charge in [-0.1, -0.05) is 0 Å². The Bertz CT molecular complexity index is 126. The molecule has 1 aliphatic rings. The van der Waals surface area contributed by atoms with Crippen LogP contribution in [0.4, 0.5) is 0 Å². The lowest BCUT2D eigenvalue weighted by molar-refractivity contribution is 0.328. The molecule has 0 aromatic heterocycles. The second-order valence-electron chi connectivity index (χ2n) is 2.85. The molecule has 2 heteroatoms. The molecule has 1 rings (SSSR count). The lowest BCUT2D eigenvalue weighted by Crippen LogP contribution is -2.21. The predicted molar refractivity (Wildman–Crippen MR) is 35.8 cm³/mol. The van der Waals surface area contributed by atoms with Crippen LogP contribution < -0.4 is 0 Å². The first-order valence-electron chi connectivity index (χ1n) is 3.34. The van der Waals surface area contributed by atoms with Gasteiger partial charge in [0.15, 0.2) is 0 Å². The molecule has 0 unspecified atom stereocenters.